The first-order valence-corrected chi connectivity index (χ1v) is 11.8. The number of benzene rings is 1. The van der Waals surface area contributed by atoms with E-state index in [2.05, 4.69) is 36.2 Å². The standard InChI is InChI=1S/C23H19BrF6N6O2/c24-18-9-14(1-2-31-18)13-38-20-19(32-3-4-33-20)35-5-7-36(8-6-35)21(37)34-17-11-15(22(25,26)27)10-16(12-17)23(28,29)30/h1-4,9-12H,5-8,13H2,(H,34,37). The lowest BCUT2D eigenvalue weighted by Gasteiger charge is -2.35. The van der Waals surface area contributed by atoms with Crippen LogP contribution in [0.15, 0.2) is 53.5 Å². The third-order valence-electron chi connectivity index (χ3n) is 5.52. The Morgan fingerprint density at radius 2 is 1.53 bits per heavy atom. The van der Waals surface area contributed by atoms with E-state index in [0.717, 1.165) is 5.56 Å². The number of piperazine rings is 1. The molecular formula is C23H19BrF6N6O2. The molecule has 4 rings (SSSR count). The van der Waals surface area contributed by atoms with Crippen LogP contribution in [-0.4, -0.2) is 52.1 Å². The number of anilines is 2. The van der Waals surface area contributed by atoms with Crippen LogP contribution in [0.4, 0.5) is 42.6 Å². The Kier molecular flexibility index (Phi) is 7.94. The van der Waals surface area contributed by atoms with E-state index < -0.39 is 35.2 Å². The van der Waals surface area contributed by atoms with E-state index in [9.17, 15) is 31.1 Å². The number of pyridine rings is 1. The van der Waals surface area contributed by atoms with Gasteiger partial charge in [0.25, 0.3) is 5.88 Å². The van der Waals surface area contributed by atoms with E-state index in [-0.39, 0.29) is 44.7 Å². The first kappa shape index (κ1) is 27.4. The van der Waals surface area contributed by atoms with Crippen LogP contribution in [0.3, 0.4) is 0 Å². The van der Waals surface area contributed by atoms with Crippen LogP contribution >= 0.6 is 15.9 Å². The number of amides is 2. The third kappa shape index (κ3) is 6.82. The summed E-state index contributed by atoms with van der Waals surface area (Å²) in [5, 5.41) is 2.15. The lowest BCUT2D eigenvalue weighted by molar-refractivity contribution is -0.143. The van der Waals surface area contributed by atoms with Crippen LogP contribution < -0.4 is 15.0 Å². The Balaban J connectivity index is 1.40. The van der Waals surface area contributed by atoms with Gasteiger partial charge in [-0.05, 0) is 51.8 Å². The van der Waals surface area contributed by atoms with Gasteiger partial charge in [-0.15, -0.1) is 0 Å². The molecule has 2 amide bonds. The largest absolute Gasteiger partial charge is 0.470 e. The summed E-state index contributed by atoms with van der Waals surface area (Å²) in [6.45, 7) is 1.01. The molecular weight excluding hydrogens is 586 g/mol. The molecule has 1 N–H and O–H groups in total. The van der Waals surface area contributed by atoms with Crippen LogP contribution in [0.5, 0.6) is 5.88 Å². The van der Waals surface area contributed by atoms with E-state index in [4.69, 9.17) is 4.74 Å². The smallest absolute Gasteiger partial charge is 0.416 e. The maximum Gasteiger partial charge on any atom is 0.416 e. The minimum Gasteiger partial charge on any atom is -0.470 e. The zero-order chi connectivity index (χ0) is 27.5. The number of rotatable bonds is 5. The van der Waals surface area contributed by atoms with Crippen molar-refractivity contribution in [3.63, 3.8) is 0 Å². The Morgan fingerprint density at radius 1 is 0.895 bits per heavy atom. The number of hydrogen-bond acceptors (Lipinski definition) is 6. The molecule has 1 saturated heterocycles. The lowest BCUT2D eigenvalue weighted by atomic mass is 10.1. The van der Waals surface area contributed by atoms with E-state index in [0.29, 0.717) is 22.6 Å². The van der Waals surface area contributed by atoms with Crippen molar-refractivity contribution < 1.29 is 35.9 Å². The molecule has 202 valence electrons. The second kappa shape index (κ2) is 11.0. The molecule has 0 unspecified atom stereocenters. The summed E-state index contributed by atoms with van der Waals surface area (Å²) in [7, 11) is 0. The second-order valence-electron chi connectivity index (χ2n) is 8.16. The van der Waals surface area contributed by atoms with E-state index >= 15 is 0 Å². The zero-order valence-corrected chi connectivity index (χ0v) is 20.9. The third-order valence-corrected chi connectivity index (χ3v) is 5.95. The molecule has 15 heteroatoms. The van der Waals surface area contributed by atoms with Crippen LogP contribution in [0, 0.1) is 0 Å². The summed E-state index contributed by atoms with van der Waals surface area (Å²) in [6, 6.07) is 3.68. The average Bonchev–Trinajstić information content (AvgIpc) is 2.86. The summed E-state index contributed by atoms with van der Waals surface area (Å²) < 4.78 is 85.1. The van der Waals surface area contributed by atoms with E-state index in [1.54, 1.807) is 18.3 Å². The van der Waals surface area contributed by atoms with Gasteiger partial charge in [0.2, 0.25) is 0 Å². The maximum atomic E-state index is 13.1. The van der Waals surface area contributed by atoms with Gasteiger partial charge in [-0.25, -0.2) is 19.7 Å². The van der Waals surface area contributed by atoms with Gasteiger partial charge in [-0.2, -0.15) is 26.3 Å². The van der Waals surface area contributed by atoms with Gasteiger partial charge in [0.05, 0.1) is 11.1 Å². The molecule has 0 atom stereocenters. The van der Waals surface area contributed by atoms with Crippen molar-refractivity contribution in [2.24, 2.45) is 0 Å². The highest BCUT2D eigenvalue weighted by Gasteiger charge is 2.37. The number of nitrogens with one attached hydrogen (secondary N) is 1. The normalized spacial score (nSPS) is 14.4. The number of urea groups is 1. The van der Waals surface area contributed by atoms with Gasteiger partial charge in [0, 0.05) is 50.5 Å². The number of carbonyl (C=O) groups is 1. The van der Waals surface area contributed by atoms with Crippen molar-refractivity contribution in [1.82, 2.24) is 19.9 Å². The molecule has 2 aromatic heterocycles. The number of nitrogens with zero attached hydrogens (tertiary/aromatic N) is 5. The Hall–Kier alpha value is -3.62. The van der Waals surface area contributed by atoms with Crippen LogP contribution in [0.1, 0.15) is 16.7 Å². The minimum absolute atomic E-state index is 0.00247. The van der Waals surface area contributed by atoms with Gasteiger partial charge >= 0.3 is 18.4 Å². The fourth-order valence-electron chi connectivity index (χ4n) is 3.67. The number of ether oxygens (including phenoxy) is 1. The van der Waals surface area contributed by atoms with E-state index in [1.165, 1.54) is 17.3 Å². The predicted molar refractivity (Wildman–Crippen MR) is 128 cm³/mol. The van der Waals surface area contributed by atoms with Crippen molar-refractivity contribution in [2.45, 2.75) is 19.0 Å². The highest BCUT2D eigenvalue weighted by molar-refractivity contribution is 9.10. The quantitative estimate of drug-likeness (QED) is 0.301. The van der Waals surface area contributed by atoms with E-state index in [1.807, 2.05) is 4.90 Å². The van der Waals surface area contributed by atoms with Crippen molar-refractivity contribution in [2.75, 3.05) is 36.4 Å². The van der Waals surface area contributed by atoms with Crippen LogP contribution in [0.2, 0.25) is 0 Å². The minimum atomic E-state index is -5.02. The highest BCUT2D eigenvalue weighted by Crippen LogP contribution is 2.37. The molecule has 0 aliphatic carbocycles. The molecule has 3 heterocycles. The molecule has 3 aromatic rings. The molecule has 38 heavy (non-hydrogen) atoms. The van der Waals surface area contributed by atoms with Crippen molar-refractivity contribution in [3.8, 4) is 5.88 Å². The lowest BCUT2D eigenvalue weighted by Crippen LogP contribution is -2.50. The molecule has 1 aliphatic rings. The van der Waals surface area contributed by atoms with Gasteiger partial charge in [-0.1, -0.05) is 0 Å². The summed E-state index contributed by atoms with van der Waals surface area (Å²) in [5.74, 6) is 0.704. The molecule has 0 saturated carbocycles. The Labute approximate surface area is 220 Å². The molecule has 1 aliphatic heterocycles. The fourth-order valence-corrected chi connectivity index (χ4v) is 4.08. The van der Waals surface area contributed by atoms with Crippen molar-refractivity contribution >= 4 is 33.5 Å². The summed E-state index contributed by atoms with van der Waals surface area (Å²) >= 11 is 3.29. The average molecular weight is 605 g/mol. The molecule has 1 fully saturated rings. The monoisotopic (exact) mass is 604 g/mol. The first-order chi connectivity index (χ1) is 17.9. The van der Waals surface area contributed by atoms with Crippen LogP contribution in [-0.2, 0) is 19.0 Å². The summed E-state index contributed by atoms with van der Waals surface area (Å²) in [6.07, 6.45) is -5.47. The Bertz CT molecular complexity index is 1270. The second-order valence-corrected chi connectivity index (χ2v) is 8.97. The van der Waals surface area contributed by atoms with Crippen LogP contribution in [0.25, 0.3) is 0 Å². The maximum absolute atomic E-state index is 13.1. The van der Waals surface area contributed by atoms with Crippen molar-refractivity contribution in [1.29, 1.82) is 0 Å². The van der Waals surface area contributed by atoms with Crippen molar-refractivity contribution in [3.05, 3.63) is 70.2 Å². The number of carbonyl (C=O) groups excluding carboxylic acids is 1. The van der Waals surface area contributed by atoms with Gasteiger partial charge < -0.3 is 19.9 Å². The first-order valence-electron chi connectivity index (χ1n) is 11.0. The van der Waals surface area contributed by atoms with Gasteiger partial charge in [-0.3, -0.25) is 0 Å². The topological polar surface area (TPSA) is 83.5 Å². The van der Waals surface area contributed by atoms with Gasteiger partial charge in [0.1, 0.15) is 11.2 Å². The SMILES string of the molecule is O=C(Nc1cc(C(F)(F)F)cc(C(F)(F)F)c1)N1CCN(c2nccnc2OCc2ccnc(Br)c2)CC1. The Morgan fingerprint density at radius 3 is 2.13 bits per heavy atom. The highest BCUT2D eigenvalue weighted by atomic mass is 79.9. The summed E-state index contributed by atoms with van der Waals surface area (Å²) in [4.78, 5) is 28.4. The molecule has 0 spiro atoms. The summed E-state index contributed by atoms with van der Waals surface area (Å²) in [5.41, 5.74) is -2.79. The molecule has 0 bridgehead atoms. The zero-order valence-electron chi connectivity index (χ0n) is 19.4. The molecule has 1 aromatic carbocycles. The predicted octanol–water partition coefficient (Wildman–Crippen LogP) is 5.60. The molecule has 8 nitrogen and oxygen atoms in total. The number of aromatic nitrogens is 3. The molecule has 0 radical (unpaired) electrons. The number of halogens is 7. The number of hydrogen-bond donors (Lipinski definition) is 1. The van der Waals surface area contributed by atoms with Gasteiger partial charge in [0.15, 0.2) is 5.82 Å². The fraction of sp³-hybridized carbons (Fsp3) is 0.304. The number of alkyl halides is 6.